The number of fused-ring (bicyclic) bond motifs is 2. The lowest BCUT2D eigenvalue weighted by Crippen LogP contribution is -2.53. The minimum atomic E-state index is -0.143. The number of hydrogen-bond acceptors (Lipinski definition) is 4. The van der Waals surface area contributed by atoms with Crippen LogP contribution < -0.4 is 14.8 Å². The first-order valence-corrected chi connectivity index (χ1v) is 11.9. The van der Waals surface area contributed by atoms with Crippen LogP contribution in [0.2, 0.25) is 0 Å². The van der Waals surface area contributed by atoms with Crippen LogP contribution in [-0.4, -0.2) is 67.3 Å². The van der Waals surface area contributed by atoms with Crippen LogP contribution in [0.15, 0.2) is 24.3 Å². The molecule has 3 aliphatic heterocycles. The number of urea groups is 1. The standard InChI is InChI=1S/C24H35N3O3/c28-24(25-14-20-17-29-22-8-1-2-9-23(22)30-20)27(15-18-10-11-18)16-19-6-5-13-26-12-4-3-7-21(19)26/h1-2,8-9,18-21H,3-7,10-17H2,(H,25,28)/t19-,20-,21+/m0/s1. The number of hydrogen-bond donors (Lipinski definition) is 1. The van der Waals surface area contributed by atoms with Gasteiger partial charge in [0.1, 0.15) is 6.61 Å². The highest BCUT2D eigenvalue weighted by Gasteiger charge is 2.36. The van der Waals surface area contributed by atoms with Gasteiger partial charge < -0.3 is 24.6 Å². The quantitative estimate of drug-likeness (QED) is 0.775. The lowest BCUT2D eigenvalue weighted by molar-refractivity contribution is 0.0444. The third-order valence-electron chi connectivity index (χ3n) is 7.19. The fourth-order valence-corrected chi connectivity index (χ4v) is 5.40. The molecule has 3 heterocycles. The lowest BCUT2D eigenvalue weighted by Gasteiger charge is -2.45. The molecule has 164 valence electrons. The number of para-hydroxylation sites is 2. The smallest absolute Gasteiger partial charge is 0.317 e. The molecule has 0 bridgehead atoms. The molecule has 0 unspecified atom stereocenters. The topological polar surface area (TPSA) is 54.0 Å². The second-order valence-corrected chi connectivity index (χ2v) is 9.53. The van der Waals surface area contributed by atoms with Crippen molar-refractivity contribution in [1.29, 1.82) is 0 Å². The minimum Gasteiger partial charge on any atom is -0.486 e. The van der Waals surface area contributed by atoms with Gasteiger partial charge in [-0.2, -0.15) is 0 Å². The number of amides is 2. The van der Waals surface area contributed by atoms with Crippen molar-refractivity contribution in [3.63, 3.8) is 0 Å². The highest BCUT2D eigenvalue weighted by molar-refractivity contribution is 5.74. The van der Waals surface area contributed by atoms with Crippen LogP contribution in [0.3, 0.4) is 0 Å². The van der Waals surface area contributed by atoms with Crippen LogP contribution in [0.1, 0.15) is 44.9 Å². The van der Waals surface area contributed by atoms with Crippen LogP contribution >= 0.6 is 0 Å². The molecule has 2 amide bonds. The van der Waals surface area contributed by atoms with E-state index in [0.29, 0.717) is 31.0 Å². The maximum Gasteiger partial charge on any atom is 0.317 e. The summed E-state index contributed by atoms with van der Waals surface area (Å²) >= 11 is 0. The Morgan fingerprint density at radius 2 is 1.87 bits per heavy atom. The van der Waals surface area contributed by atoms with Crippen molar-refractivity contribution >= 4 is 6.03 Å². The maximum absolute atomic E-state index is 13.1. The van der Waals surface area contributed by atoms with Crippen molar-refractivity contribution in [2.45, 2.75) is 57.1 Å². The molecule has 1 saturated carbocycles. The molecule has 30 heavy (non-hydrogen) atoms. The number of piperidine rings is 2. The van der Waals surface area contributed by atoms with E-state index in [2.05, 4.69) is 15.1 Å². The van der Waals surface area contributed by atoms with Crippen molar-refractivity contribution in [3.8, 4) is 11.5 Å². The second-order valence-electron chi connectivity index (χ2n) is 9.53. The van der Waals surface area contributed by atoms with Gasteiger partial charge in [-0.3, -0.25) is 0 Å². The van der Waals surface area contributed by atoms with Crippen LogP contribution in [0.25, 0.3) is 0 Å². The van der Waals surface area contributed by atoms with Gasteiger partial charge in [0.15, 0.2) is 17.6 Å². The van der Waals surface area contributed by atoms with Crippen molar-refractivity contribution in [2.75, 3.05) is 39.3 Å². The van der Waals surface area contributed by atoms with Crippen molar-refractivity contribution in [1.82, 2.24) is 15.1 Å². The molecule has 3 fully saturated rings. The van der Waals surface area contributed by atoms with E-state index in [4.69, 9.17) is 9.47 Å². The molecule has 1 aromatic rings. The Hall–Kier alpha value is -1.95. The molecule has 5 rings (SSSR count). The number of carbonyl (C=O) groups is 1. The summed E-state index contributed by atoms with van der Waals surface area (Å²) in [5.41, 5.74) is 0. The summed E-state index contributed by atoms with van der Waals surface area (Å²) in [5.74, 6) is 2.86. The molecule has 1 aromatic carbocycles. The Bertz CT molecular complexity index is 736. The predicted octanol–water partition coefficient (Wildman–Crippen LogP) is 3.51. The molecule has 3 atom stereocenters. The summed E-state index contributed by atoms with van der Waals surface area (Å²) in [6.45, 7) is 5.25. The average molecular weight is 414 g/mol. The number of rotatable bonds is 6. The average Bonchev–Trinajstić information content (AvgIpc) is 3.61. The highest BCUT2D eigenvalue weighted by Crippen LogP contribution is 2.34. The summed E-state index contributed by atoms with van der Waals surface area (Å²) < 4.78 is 11.8. The van der Waals surface area contributed by atoms with Crippen LogP contribution in [0.4, 0.5) is 4.79 Å². The van der Waals surface area contributed by atoms with Crippen LogP contribution in [0.5, 0.6) is 11.5 Å². The third-order valence-corrected chi connectivity index (χ3v) is 7.19. The van der Waals surface area contributed by atoms with Gasteiger partial charge in [-0.05, 0) is 75.6 Å². The maximum atomic E-state index is 13.1. The third kappa shape index (κ3) is 4.69. The fraction of sp³-hybridized carbons (Fsp3) is 0.708. The molecule has 1 aliphatic carbocycles. The summed E-state index contributed by atoms with van der Waals surface area (Å²) in [4.78, 5) is 17.9. The molecule has 0 aromatic heterocycles. The molecule has 6 heteroatoms. The van der Waals surface area contributed by atoms with Crippen molar-refractivity contribution < 1.29 is 14.3 Å². The molecule has 4 aliphatic rings. The lowest BCUT2D eigenvalue weighted by atomic mass is 9.83. The SMILES string of the molecule is O=C(NC[C@H]1COc2ccccc2O1)N(CC1CC1)C[C@@H]1CCCN2CCCC[C@H]12. The Morgan fingerprint density at radius 3 is 2.73 bits per heavy atom. The van der Waals surface area contributed by atoms with E-state index in [1.807, 2.05) is 24.3 Å². The van der Waals surface area contributed by atoms with E-state index in [0.717, 1.165) is 24.6 Å². The minimum absolute atomic E-state index is 0.0669. The molecule has 2 saturated heterocycles. The monoisotopic (exact) mass is 413 g/mol. The number of nitrogens with zero attached hydrogens (tertiary/aromatic N) is 2. The van der Waals surface area contributed by atoms with E-state index >= 15 is 0 Å². The zero-order valence-corrected chi connectivity index (χ0v) is 17.9. The van der Waals surface area contributed by atoms with Crippen molar-refractivity contribution in [2.24, 2.45) is 11.8 Å². The second kappa shape index (κ2) is 9.04. The predicted molar refractivity (Wildman–Crippen MR) is 116 cm³/mol. The van der Waals surface area contributed by atoms with Gasteiger partial charge in [0.05, 0.1) is 6.54 Å². The van der Waals surface area contributed by atoms with Crippen LogP contribution in [0, 0.1) is 11.8 Å². The van der Waals surface area contributed by atoms with Gasteiger partial charge in [0.2, 0.25) is 0 Å². The summed E-state index contributed by atoms with van der Waals surface area (Å²) in [7, 11) is 0. The van der Waals surface area contributed by atoms with Gasteiger partial charge in [-0.1, -0.05) is 18.6 Å². The summed E-state index contributed by atoms with van der Waals surface area (Å²) in [6, 6.07) is 8.46. The number of carbonyl (C=O) groups excluding carboxylic acids is 1. The van der Waals surface area contributed by atoms with Gasteiger partial charge in [-0.25, -0.2) is 4.79 Å². The van der Waals surface area contributed by atoms with Crippen molar-refractivity contribution in [3.05, 3.63) is 24.3 Å². The Balaban J connectivity index is 1.17. The Labute approximate surface area is 179 Å². The normalized spacial score (nSPS) is 28.5. The largest absolute Gasteiger partial charge is 0.486 e. The molecule has 6 nitrogen and oxygen atoms in total. The number of benzene rings is 1. The molecular formula is C24H35N3O3. The number of nitrogens with one attached hydrogen (secondary N) is 1. The first-order valence-electron chi connectivity index (χ1n) is 11.9. The van der Waals surface area contributed by atoms with Gasteiger partial charge in [0.25, 0.3) is 0 Å². The number of ether oxygens (including phenoxy) is 2. The van der Waals surface area contributed by atoms with Crippen LogP contribution in [-0.2, 0) is 0 Å². The van der Waals surface area contributed by atoms with Gasteiger partial charge in [-0.15, -0.1) is 0 Å². The molecular weight excluding hydrogens is 378 g/mol. The Kier molecular flexibility index (Phi) is 6.02. The molecule has 0 radical (unpaired) electrons. The van der Waals surface area contributed by atoms with Gasteiger partial charge in [0, 0.05) is 19.1 Å². The zero-order valence-electron chi connectivity index (χ0n) is 17.9. The van der Waals surface area contributed by atoms with E-state index in [-0.39, 0.29) is 12.1 Å². The molecule has 0 spiro atoms. The zero-order chi connectivity index (χ0) is 20.3. The highest BCUT2D eigenvalue weighted by atomic mass is 16.6. The van der Waals surface area contributed by atoms with E-state index in [1.54, 1.807) is 0 Å². The van der Waals surface area contributed by atoms with E-state index in [9.17, 15) is 4.79 Å². The summed E-state index contributed by atoms with van der Waals surface area (Å²) in [6.07, 6.45) is 8.89. The first-order chi connectivity index (χ1) is 14.8. The fourth-order valence-electron chi connectivity index (χ4n) is 5.40. The van der Waals surface area contributed by atoms with E-state index < -0.39 is 0 Å². The summed E-state index contributed by atoms with van der Waals surface area (Å²) in [5, 5.41) is 3.15. The first kappa shape index (κ1) is 20.0. The van der Waals surface area contributed by atoms with E-state index in [1.165, 1.54) is 58.0 Å². The Morgan fingerprint density at radius 1 is 1.03 bits per heavy atom. The van der Waals surface area contributed by atoms with Gasteiger partial charge >= 0.3 is 6.03 Å². The molecule has 1 N–H and O–H groups in total.